The molecule has 1 aliphatic rings. The van der Waals surface area contributed by atoms with Gasteiger partial charge in [-0.15, -0.1) is 0 Å². The van der Waals surface area contributed by atoms with Crippen LogP contribution in [0.2, 0.25) is 0 Å². The Morgan fingerprint density at radius 2 is 1.75 bits per heavy atom. The van der Waals surface area contributed by atoms with Gasteiger partial charge in [-0.3, -0.25) is 9.59 Å². The average Bonchev–Trinajstić information content (AvgIpc) is 2.59. The lowest BCUT2D eigenvalue weighted by Crippen LogP contribution is -2.27. The highest BCUT2D eigenvalue weighted by Gasteiger charge is 2.15. The van der Waals surface area contributed by atoms with Crippen molar-refractivity contribution in [2.24, 2.45) is 11.8 Å². The summed E-state index contributed by atoms with van der Waals surface area (Å²) >= 11 is 0. The molecule has 0 radical (unpaired) electrons. The Hall–Kier alpha value is -1.84. The van der Waals surface area contributed by atoms with Crippen LogP contribution in [-0.2, 0) is 4.79 Å². The first-order chi connectivity index (χ1) is 11.5. The predicted octanol–water partition coefficient (Wildman–Crippen LogP) is 4.37. The number of carbonyl (C=O) groups is 2. The Morgan fingerprint density at radius 3 is 2.38 bits per heavy atom. The molecule has 4 nitrogen and oxygen atoms in total. The third-order valence-corrected chi connectivity index (χ3v) is 4.61. The van der Waals surface area contributed by atoms with E-state index < -0.39 is 0 Å². The number of benzene rings is 1. The third-order valence-electron chi connectivity index (χ3n) is 4.61. The molecule has 2 amide bonds. The van der Waals surface area contributed by atoms with Crippen LogP contribution in [-0.4, -0.2) is 18.4 Å². The van der Waals surface area contributed by atoms with Crippen LogP contribution in [0.25, 0.3) is 0 Å². The number of anilines is 1. The molecule has 0 heterocycles. The fraction of sp³-hybridized carbons (Fsp3) is 0.600. The molecule has 1 saturated carbocycles. The summed E-state index contributed by atoms with van der Waals surface area (Å²) in [5, 5.41) is 5.82. The Kier molecular flexibility index (Phi) is 7.29. The van der Waals surface area contributed by atoms with E-state index in [9.17, 15) is 9.59 Å². The minimum absolute atomic E-state index is 0.0672. The zero-order valence-electron chi connectivity index (χ0n) is 14.9. The van der Waals surface area contributed by atoms with Gasteiger partial charge in [0.2, 0.25) is 5.91 Å². The summed E-state index contributed by atoms with van der Waals surface area (Å²) < 4.78 is 0. The van der Waals surface area contributed by atoms with Crippen LogP contribution in [0, 0.1) is 11.8 Å². The van der Waals surface area contributed by atoms with E-state index in [2.05, 4.69) is 24.5 Å². The minimum Gasteiger partial charge on any atom is -0.352 e. The summed E-state index contributed by atoms with van der Waals surface area (Å²) in [5.41, 5.74) is 1.37. The van der Waals surface area contributed by atoms with Gasteiger partial charge >= 0.3 is 0 Å². The summed E-state index contributed by atoms with van der Waals surface area (Å²) in [6, 6.07) is 7.10. The molecule has 0 saturated heterocycles. The molecule has 1 aromatic carbocycles. The Bertz CT molecular complexity index is 531. The number of hydrogen-bond donors (Lipinski definition) is 2. The van der Waals surface area contributed by atoms with Crippen molar-refractivity contribution in [3.05, 3.63) is 29.8 Å². The topological polar surface area (TPSA) is 58.2 Å². The highest BCUT2D eigenvalue weighted by molar-refractivity contribution is 5.95. The highest BCUT2D eigenvalue weighted by Crippen LogP contribution is 2.27. The maximum absolute atomic E-state index is 12.1. The zero-order chi connectivity index (χ0) is 17.4. The van der Waals surface area contributed by atoms with Crippen molar-refractivity contribution in [3.63, 3.8) is 0 Å². The summed E-state index contributed by atoms with van der Waals surface area (Å²) in [4.78, 5) is 24.0. The van der Waals surface area contributed by atoms with Gasteiger partial charge in [0.05, 0.1) is 0 Å². The van der Waals surface area contributed by atoms with Crippen LogP contribution in [0.15, 0.2) is 24.3 Å². The average molecular weight is 330 g/mol. The van der Waals surface area contributed by atoms with Crippen molar-refractivity contribution in [2.45, 2.75) is 58.8 Å². The summed E-state index contributed by atoms with van der Waals surface area (Å²) in [5.74, 6) is 1.14. The molecule has 0 atom stereocenters. The fourth-order valence-corrected chi connectivity index (χ4v) is 3.14. The van der Waals surface area contributed by atoms with Gasteiger partial charge in [-0.2, -0.15) is 0 Å². The van der Waals surface area contributed by atoms with Gasteiger partial charge in [0.25, 0.3) is 5.91 Å². The van der Waals surface area contributed by atoms with Crippen molar-refractivity contribution < 1.29 is 9.59 Å². The van der Waals surface area contributed by atoms with Crippen molar-refractivity contribution in [3.8, 4) is 0 Å². The molecule has 0 aliphatic heterocycles. The first-order valence-electron chi connectivity index (χ1n) is 9.22. The quantitative estimate of drug-likeness (QED) is 0.780. The SMILES string of the molecule is CC(C)CNC(=O)c1ccc(NC(=O)CCC2CCCCC2)cc1. The lowest BCUT2D eigenvalue weighted by Gasteiger charge is -2.21. The van der Waals surface area contributed by atoms with Crippen LogP contribution < -0.4 is 10.6 Å². The maximum Gasteiger partial charge on any atom is 0.251 e. The van der Waals surface area contributed by atoms with Crippen LogP contribution in [0.4, 0.5) is 5.69 Å². The molecule has 0 spiro atoms. The summed E-state index contributed by atoms with van der Waals surface area (Å²) in [6.07, 6.45) is 8.09. The van der Waals surface area contributed by atoms with Crippen molar-refractivity contribution in [1.29, 1.82) is 0 Å². The smallest absolute Gasteiger partial charge is 0.251 e. The van der Waals surface area contributed by atoms with Gasteiger partial charge in [0.1, 0.15) is 0 Å². The van der Waals surface area contributed by atoms with E-state index in [0.717, 1.165) is 18.0 Å². The van der Waals surface area contributed by atoms with Gasteiger partial charge in [-0.05, 0) is 42.5 Å². The first-order valence-corrected chi connectivity index (χ1v) is 9.22. The normalized spacial score (nSPS) is 15.3. The molecule has 2 N–H and O–H groups in total. The van der Waals surface area contributed by atoms with Gasteiger partial charge in [-0.1, -0.05) is 46.0 Å². The minimum atomic E-state index is -0.0705. The number of amides is 2. The van der Waals surface area contributed by atoms with E-state index in [1.807, 2.05) is 0 Å². The molecule has 1 fully saturated rings. The molecule has 4 heteroatoms. The Balaban J connectivity index is 1.76. The fourth-order valence-electron chi connectivity index (χ4n) is 3.14. The first kappa shape index (κ1) is 18.5. The van der Waals surface area contributed by atoms with E-state index in [1.165, 1.54) is 32.1 Å². The Morgan fingerprint density at radius 1 is 1.08 bits per heavy atom. The molecule has 1 aliphatic carbocycles. The van der Waals surface area contributed by atoms with Gasteiger partial charge < -0.3 is 10.6 Å². The lowest BCUT2D eigenvalue weighted by molar-refractivity contribution is -0.116. The standard InChI is InChI=1S/C20H30N2O2/c1-15(2)14-21-20(24)17-9-11-18(12-10-17)22-19(23)13-8-16-6-4-3-5-7-16/h9-12,15-16H,3-8,13-14H2,1-2H3,(H,21,24)(H,22,23). The third kappa shape index (κ3) is 6.34. The summed E-state index contributed by atoms with van der Waals surface area (Å²) in [7, 11) is 0. The van der Waals surface area contributed by atoms with Gasteiger partial charge in [0.15, 0.2) is 0 Å². The second-order valence-electron chi connectivity index (χ2n) is 7.27. The molecule has 132 valence electrons. The molecular weight excluding hydrogens is 300 g/mol. The van der Waals surface area contributed by atoms with Crippen LogP contribution in [0.1, 0.15) is 69.2 Å². The highest BCUT2D eigenvalue weighted by atomic mass is 16.2. The van der Waals surface area contributed by atoms with E-state index >= 15 is 0 Å². The Labute approximate surface area is 145 Å². The maximum atomic E-state index is 12.1. The predicted molar refractivity (Wildman–Crippen MR) is 98.1 cm³/mol. The molecule has 24 heavy (non-hydrogen) atoms. The zero-order valence-corrected chi connectivity index (χ0v) is 14.9. The second kappa shape index (κ2) is 9.45. The molecule has 0 unspecified atom stereocenters. The van der Waals surface area contributed by atoms with E-state index in [0.29, 0.717) is 24.4 Å². The number of carbonyl (C=O) groups excluding carboxylic acids is 2. The second-order valence-corrected chi connectivity index (χ2v) is 7.27. The van der Waals surface area contributed by atoms with E-state index in [1.54, 1.807) is 24.3 Å². The van der Waals surface area contributed by atoms with Crippen molar-refractivity contribution >= 4 is 17.5 Å². The number of nitrogens with one attached hydrogen (secondary N) is 2. The van der Waals surface area contributed by atoms with Crippen LogP contribution >= 0.6 is 0 Å². The number of rotatable bonds is 7. The molecule has 0 aromatic heterocycles. The van der Waals surface area contributed by atoms with Crippen LogP contribution in [0.3, 0.4) is 0 Å². The van der Waals surface area contributed by atoms with E-state index in [-0.39, 0.29) is 11.8 Å². The van der Waals surface area contributed by atoms with Gasteiger partial charge in [-0.25, -0.2) is 0 Å². The monoisotopic (exact) mass is 330 g/mol. The largest absolute Gasteiger partial charge is 0.352 e. The van der Waals surface area contributed by atoms with Crippen molar-refractivity contribution in [1.82, 2.24) is 5.32 Å². The van der Waals surface area contributed by atoms with Crippen molar-refractivity contribution in [2.75, 3.05) is 11.9 Å². The molecule has 2 rings (SSSR count). The van der Waals surface area contributed by atoms with Gasteiger partial charge in [0, 0.05) is 24.2 Å². The van der Waals surface area contributed by atoms with Crippen LogP contribution in [0.5, 0.6) is 0 Å². The summed E-state index contributed by atoms with van der Waals surface area (Å²) in [6.45, 7) is 4.79. The number of hydrogen-bond acceptors (Lipinski definition) is 2. The molecular formula is C20H30N2O2. The lowest BCUT2D eigenvalue weighted by atomic mass is 9.86. The molecule has 0 bridgehead atoms. The molecule has 1 aromatic rings. The van der Waals surface area contributed by atoms with E-state index in [4.69, 9.17) is 0 Å².